The van der Waals surface area contributed by atoms with E-state index in [4.69, 9.17) is 5.11 Å². The first-order valence-electron chi connectivity index (χ1n) is 4.78. The second-order valence-electron chi connectivity index (χ2n) is 3.55. The lowest BCUT2D eigenvalue weighted by molar-refractivity contribution is -0.137. The van der Waals surface area contributed by atoms with Crippen molar-refractivity contribution < 1.29 is 23.1 Å². The molecule has 0 spiro atoms. The molecule has 0 unspecified atom stereocenters. The summed E-state index contributed by atoms with van der Waals surface area (Å²) >= 11 is 0. The van der Waals surface area contributed by atoms with E-state index in [0.29, 0.717) is 5.69 Å². The number of alkyl halides is 3. The van der Waals surface area contributed by atoms with Crippen LogP contribution in [0.25, 0.3) is 0 Å². The number of nitrogens with zero attached hydrogens (tertiary/aromatic N) is 1. The lowest BCUT2D eigenvalue weighted by atomic mass is 10.2. The fourth-order valence-electron chi connectivity index (χ4n) is 1.54. The van der Waals surface area contributed by atoms with Crippen molar-refractivity contribution >= 4 is 11.6 Å². The second-order valence-corrected chi connectivity index (χ2v) is 3.55. The van der Waals surface area contributed by atoms with Crippen molar-refractivity contribution in [3.05, 3.63) is 41.7 Å². The zero-order valence-electron chi connectivity index (χ0n) is 8.53. The number of anilines is 1. The van der Waals surface area contributed by atoms with Gasteiger partial charge in [-0.05, 0) is 30.3 Å². The molecule has 1 aliphatic heterocycles. The summed E-state index contributed by atoms with van der Waals surface area (Å²) < 4.78 is 36.9. The molecule has 6 heteroatoms. The normalized spacial score (nSPS) is 16.3. The topological polar surface area (TPSA) is 40.5 Å². The summed E-state index contributed by atoms with van der Waals surface area (Å²) in [6, 6.07) is 4.20. The number of aliphatic hydroxyl groups is 1. The average molecular weight is 243 g/mol. The Morgan fingerprint density at radius 3 is 2.18 bits per heavy atom. The zero-order valence-corrected chi connectivity index (χ0v) is 8.53. The molecule has 17 heavy (non-hydrogen) atoms. The number of halogens is 3. The first kappa shape index (κ1) is 11.5. The van der Waals surface area contributed by atoms with E-state index in [-0.39, 0.29) is 12.3 Å². The molecule has 1 aromatic carbocycles. The van der Waals surface area contributed by atoms with Crippen LogP contribution in [-0.4, -0.2) is 17.6 Å². The van der Waals surface area contributed by atoms with Crippen molar-refractivity contribution in [1.82, 2.24) is 0 Å². The molecule has 0 bridgehead atoms. The highest BCUT2D eigenvalue weighted by Gasteiger charge is 2.31. The van der Waals surface area contributed by atoms with Crippen LogP contribution in [0.15, 0.2) is 36.1 Å². The van der Waals surface area contributed by atoms with Crippen LogP contribution in [0.4, 0.5) is 18.9 Å². The number of aliphatic hydroxyl groups excluding tert-OH is 1. The Bertz CT molecular complexity index is 476. The standard InChI is InChI=1S/C11H8F3NO2/c12-11(13,14)7-1-3-8(4-2-7)15-6-5-9(16)10(15)17/h1-5,16H,6H2. The Morgan fingerprint density at radius 2 is 1.76 bits per heavy atom. The number of hydrogen-bond donors (Lipinski definition) is 1. The third-order valence-electron chi connectivity index (χ3n) is 2.44. The summed E-state index contributed by atoms with van der Waals surface area (Å²) in [4.78, 5) is 12.6. The van der Waals surface area contributed by atoms with E-state index in [2.05, 4.69) is 0 Å². The smallest absolute Gasteiger partial charge is 0.416 e. The molecule has 0 atom stereocenters. The molecule has 1 heterocycles. The highest BCUT2D eigenvalue weighted by molar-refractivity contribution is 6.06. The van der Waals surface area contributed by atoms with E-state index >= 15 is 0 Å². The maximum absolute atomic E-state index is 12.3. The minimum Gasteiger partial charge on any atom is -0.503 e. The van der Waals surface area contributed by atoms with Crippen molar-refractivity contribution in [1.29, 1.82) is 0 Å². The van der Waals surface area contributed by atoms with E-state index in [1.165, 1.54) is 23.1 Å². The minimum absolute atomic E-state index is 0.163. The van der Waals surface area contributed by atoms with E-state index in [9.17, 15) is 18.0 Å². The third kappa shape index (κ3) is 2.11. The predicted octanol–water partition coefficient (Wildman–Crippen LogP) is 2.49. The van der Waals surface area contributed by atoms with Gasteiger partial charge in [0, 0.05) is 12.2 Å². The van der Waals surface area contributed by atoms with E-state index in [1.807, 2.05) is 0 Å². The molecule has 0 aromatic heterocycles. The van der Waals surface area contributed by atoms with E-state index in [0.717, 1.165) is 12.1 Å². The van der Waals surface area contributed by atoms with Gasteiger partial charge in [-0.2, -0.15) is 13.2 Å². The lowest BCUT2D eigenvalue weighted by Gasteiger charge is -2.16. The Balaban J connectivity index is 2.23. The van der Waals surface area contributed by atoms with Crippen LogP contribution >= 0.6 is 0 Å². The van der Waals surface area contributed by atoms with Crippen LogP contribution in [-0.2, 0) is 11.0 Å². The summed E-state index contributed by atoms with van der Waals surface area (Å²) in [6.07, 6.45) is -3.09. The van der Waals surface area contributed by atoms with E-state index < -0.39 is 17.6 Å². The summed E-state index contributed by atoms with van der Waals surface area (Å²) in [5.74, 6) is -0.991. The molecular formula is C11H8F3NO2. The molecule has 3 nitrogen and oxygen atoms in total. The van der Waals surface area contributed by atoms with Crippen LogP contribution in [0.1, 0.15) is 5.56 Å². The van der Waals surface area contributed by atoms with Crippen LogP contribution in [0.2, 0.25) is 0 Å². The summed E-state index contributed by atoms with van der Waals surface area (Å²) in [5.41, 5.74) is -0.451. The molecule has 90 valence electrons. The lowest BCUT2D eigenvalue weighted by Crippen LogP contribution is -2.26. The first-order chi connectivity index (χ1) is 7.89. The van der Waals surface area contributed by atoms with Crippen molar-refractivity contribution in [2.45, 2.75) is 6.18 Å². The fourth-order valence-corrected chi connectivity index (χ4v) is 1.54. The molecule has 0 fully saturated rings. The highest BCUT2D eigenvalue weighted by Crippen LogP contribution is 2.31. The van der Waals surface area contributed by atoms with Crippen molar-refractivity contribution in [2.24, 2.45) is 0 Å². The molecule has 1 N–H and O–H groups in total. The van der Waals surface area contributed by atoms with Gasteiger partial charge in [0.25, 0.3) is 5.91 Å². The molecule has 0 saturated heterocycles. The van der Waals surface area contributed by atoms with Crippen LogP contribution in [0.5, 0.6) is 0 Å². The molecule has 1 aromatic rings. The van der Waals surface area contributed by atoms with Gasteiger partial charge in [-0.15, -0.1) is 0 Å². The molecule has 1 amide bonds. The Kier molecular flexibility index (Phi) is 2.57. The SMILES string of the molecule is O=C1C(O)=CCN1c1ccc(C(F)(F)F)cc1. The van der Waals surface area contributed by atoms with Gasteiger partial charge in [-0.25, -0.2) is 0 Å². The fraction of sp³-hybridized carbons (Fsp3) is 0.182. The van der Waals surface area contributed by atoms with Gasteiger partial charge in [0.15, 0.2) is 5.76 Å². The van der Waals surface area contributed by atoms with Gasteiger partial charge in [-0.3, -0.25) is 4.79 Å². The molecule has 0 radical (unpaired) electrons. The Labute approximate surface area is 94.8 Å². The van der Waals surface area contributed by atoms with Gasteiger partial charge in [0.2, 0.25) is 0 Å². The number of carbonyl (C=O) groups excluding carboxylic acids is 1. The average Bonchev–Trinajstić information content (AvgIpc) is 2.59. The first-order valence-corrected chi connectivity index (χ1v) is 4.78. The number of carbonyl (C=O) groups is 1. The Hall–Kier alpha value is -1.98. The number of amides is 1. The molecule has 2 rings (SSSR count). The van der Waals surface area contributed by atoms with Gasteiger partial charge >= 0.3 is 6.18 Å². The van der Waals surface area contributed by atoms with Gasteiger partial charge in [-0.1, -0.05) is 0 Å². The Morgan fingerprint density at radius 1 is 1.18 bits per heavy atom. The van der Waals surface area contributed by atoms with Crippen LogP contribution in [0.3, 0.4) is 0 Å². The van der Waals surface area contributed by atoms with E-state index in [1.54, 1.807) is 0 Å². The molecule has 0 aliphatic carbocycles. The molecule has 0 saturated carbocycles. The quantitative estimate of drug-likeness (QED) is 0.823. The third-order valence-corrected chi connectivity index (χ3v) is 2.44. The zero-order chi connectivity index (χ0) is 12.6. The van der Waals surface area contributed by atoms with Crippen molar-refractivity contribution in [2.75, 3.05) is 11.4 Å². The maximum atomic E-state index is 12.3. The van der Waals surface area contributed by atoms with Crippen molar-refractivity contribution in [3.63, 3.8) is 0 Å². The molecule has 1 aliphatic rings. The predicted molar refractivity (Wildman–Crippen MR) is 54.5 cm³/mol. The van der Waals surface area contributed by atoms with Gasteiger partial charge < -0.3 is 10.0 Å². The number of hydrogen-bond acceptors (Lipinski definition) is 2. The minimum atomic E-state index is -4.39. The molecular weight excluding hydrogens is 235 g/mol. The van der Waals surface area contributed by atoms with Crippen LogP contribution in [0, 0.1) is 0 Å². The summed E-state index contributed by atoms with van der Waals surface area (Å²) in [7, 11) is 0. The highest BCUT2D eigenvalue weighted by atomic mass is 19.4. The van der Waals surface area contributed by atoms with Crippen molar-refractivity contribution in [3.8, 4) is 0 Å². The van der Waals surface area contributed by atoms with Gasteiger partial charge in [0.1, 0.15) is 0 Å². The number of rotatable bonds is 1. The maximum Gasteiger partial charge on any atom is 0.416 e. The summed E-state index contributed by atoms with van der Waals surface area (Å²) in [5, 5.41) is 9.10. The largest absolute Gasteiger partial charge is 0.503 e. The van der Waals surface area contributed by atoms with Crippen LogP contribution < -0.4 is 4.90 Å². The number of benzene rings is 1. The monoisotopic (exact) mass is 243 g/mol. The van der Waals surface area contributed by atoms with Gasteiger partial charge in [0.05, 0.1) is 5.56 Å². The second kappa shape index (κ2) is 3.80. The summed E-state index contributed by atoms with van der Waals surface area (Å²) in [6.45, 7) is 0.163.